The first-order valence-electron chi connectivity index (χ1n) is 13.2. The molecule has 0 bridgehead atoms. The van der Waals surface area contributed by atoms with Crippen LogP contribution in [0, 0.1) is 6.92 Å². The minimum absolute atomic E-state index is 0.00568. The summed E-state index contributed by atoms with van der Waals surface area (Å²) in [6.07, 6.45) is 1.11. The first-order valence-corrected chi connectivity index (χ1v) is 15.0. The molecule has 0 fully saturated rings. The predicted octanol–water partition coefficient (Wildman–Crippen LogP) is 5.19. The summed E-state index contributed by atoms with van der Waals surface area (Å²) in [6, 6.07) is 19.1. The topological polar surface area (TPSA) is 96.0 Å². The SMILES string of the molecule is CCCNC(=O)C(CC)N(Cc1ccc(C)cc1)C(=O)CN(c1ccc(Cl)cc1)S(=O)(=O)c1ccc(OC)cc1. The molecule has 0 aliphatic carbocycles. The van der Waals surface area contributed by atoms with E-state index in [2.05, 4.69) is 5.32 Å². The van der Waals surface area contributed by atoms with Crippen molar-refractivity contribution >= 4 is 39.1 Å². The lowest BCUT2D eigenvalue weighted by molar-refractivity contribution is -0.140. The zero-order valence-electron chi connectivity index (χ0n) is 23.3. The molecule has 0 radical (unpaired) electrons. The van der Waals surface area contributed by atoms with Crippen LogP contribution in [0.2, 0.25) is 5.02 Å². The molecule has 214 valence electrons. The van der Waals surface area contributed by atoms with Gasteiger partial charge in [-0.05, 0) is 73.9 Å². The quantitative estimate of drug-likeness (QED) is 0.298. The predicted molar refractivity (Wildman–Crippen MR) is 158 cm³/mol. The van der Waals surface area contributed by atoms with Crippen molar-refractivity contribution in [3.63, 3.8) is 0 Å². The molecule has 1 unspecified atom stereocenters. The fraction of sp³-hybridized carbons (Fsp3) is 0.333. The summed E-state index contributed by atoms with van der Waals surface area (Å²) in [6.45, 7) is 5.85. The second kappa shape index (κ2) is 14.2. The zero-order valence-corrected chi connectivity index (χ0v) is 24.8. The van der Waals surface area contributed by atoms with Crippen molar-refractivity contribution in [2.75, 3.05) is 24.5 Å². The van der Waals surface area contributed by atoms with Crippen molar-refractivity contribution in [2.24, 2.45) is 0 Å². The number of aryl methyl sites for hydroxylation is 1. The summed E-state index contributed by atoms with van der Waals surface area (Å²) in [5, 5.41) is 3.31. The third-order valence-electron chi connectivity index (χ3n) is 6.45. The monoisotopic (exact) mass is 585 g/mol. The summed E-state index contributed by atoms with van der Waals surface area (Å²) in [5.41, 5.74) is 2.16. The Morgan fingerprint density at radius 3 is 2.12 bits per heavy atom. The lowest BCUT2D eigenvalue weighted by atomic mass is 10.1. The summed E-state index contributed by atoms with van der Waals surface area (Å²) >= 11 is 6.07. The number of ether oxygens (including phenoxy) is 1. The molecule has 0 spiro atoms. The van der Waals surface area contributed by atoms with E-state index in [9.17, 15) is 18.0 Å². The molecule has 3 rings (SSSR count). The van der Waals surface area contributed by atoms with E-state index in [0.29, 0.717) is 23.7 Å². The normalized spacial score (nSPS) is 11.9. The Bertz CT molecular complexity index is 1380. The lowest BCUT2D eigenvalue weighted by Crippen LogP contribution is -2.52. The molecule has 3 aromatic rings. The third kappa shape index (κ3) is 7.76. The number of nitrogens with one attached hydrogen (secondary N) is 1. The van der Waals surface area contributed by atoms with Crippen LogP contribution < -0.4 is 14.4 Å². The van der Waals surface area contributed by atoms with Crippen LogP contribution in [0.3, 0.4) is 0 Å². The van der Waals surface area contributed by atoms with Gasteiger partial charge in [-0.1, -0.05) is 55.3 Å². The fourth-order valence-electron chi connectivity index (χ4n) is 4.19. The van der Waals surface area contributed by atoms with Crippen LogP contribution in [0.5, 0.6) is 5.75 Å². The van der Waals surface area contributed by atoms with Gasteiger partial charge in [-0.15, -0.1) is 0 Å². The number of sulfonamides is 1. The fourth-order valence-corrected chi connectivity index (χ4v) is 5.73. The van der Waals surface area contributed by atoms with Crippen molar-refractivity contribution in [2.45, 2.75) is 51.1 Å². The van der Waals surface area contributed by atoms with Crippen LogP contribution in [0.25, 0.3) is 0 Å². The molecule has 0 aliphatic rings. The largest absolute Gasteiger partial charge is 0.497 e. The van der Waals surface area contributed by atoms with Gasteiger partial charge >= 0.3 is 0 Å². The number of amides is 2. The standard InChI is InChI=1S/C30H36ClN3O5S/c1-5-19-32-30(36)28(6-2)33(20-23-9-7-22(3)8-10-23)29(35)21-34(25-13-11-24(31)12-14-25)40(37,38)27-17-15-26(39-4)16-18-27/h7-18,28H,5-6,19-21H2,1-4H3,(H,32,36). The van der Waals surface area contributed by atoms with E-state index in [0.717, 1.165) is 21.9 Å². The minimum atomic E-state index is -4.18. The molecule has 0 aromatic heterocycles. The maximum absolute atomic E-state index is 14.0. The molecule has 10 heteroatoms. The van der Waals surface area contributed by atoms with E-state index in [1.165, 1.54) is 24.1 Å². The van der Waals surface area contributed by atoms with E-state index in [1.54, 1.807) is 36.4 Å². The molecule has 3 aromatic carbocycles. The average Bonchev–Trinajstić information content (AvgIpc) is 2.96. The van der Waals surface area contributed by atoms with Gasteiger partial charge in [0.1, 0.15) is 18.3 Å². The first-order chi connectivity index (χ1) is 19.1. The highest BCUT2D eigenvalue weighted by molar-refractivity contribution is 7.92. The number of hydrogen-bond donors (Lipinski definition) is 1. The van der Waals surface area contributed by atoms with Crippen LogP contribution in [0.15, 0.2) is 77.7 Å². The van der Waals surface area contributed by atoms with Crippen LogP contribution in [-0.2, 0) is 26.2 Å². The molecule has 40 heavy (non-hydrogen) atoms. The first kappa shape index (κ1) is 31.0. The van der Waals surface area contributed by atoms with Gasteiger partial charge in [0.15, 0.2) is 0 Å². The smallest absolute Gasteiger partial charge is 0.264 e. The van der Waals surface area contributed by atoms with E-state index in [1.807, 2.05) is 45.0 Å². The Labute approximate surface area is 241 Å². The maximum Gasteiger partial charge on any atom is 0.264 e. The summed E-state index contributed by atoms with van der Waals surface area (Å²) in [4.78, 5) is 28.6. The molecule has 2 amide bonds. The molecule has 1 N–H and O–H groups in total. The lowest BCUT2D eigenvalue weighted by Gasteiger charge is -2.33. The van der Waals surface area contributed by atoms with Gasteiger partial charge in [0.25, 0.3) is 10.0 Å². The van der Waals surface area contributed by atoms with Gasteiger partial charge in [-0.2, -0.15) is 0 Å². The number of halogens is 1. The highest BCUT2D eigenvalue weighted by Gasteiger charge is 2.33. The maximum atomic E-state index is 14.0. The molecule has 0 heterocycles. The number of rotatable bonds is 13. The molecule has 0 saturated carbocycles. The van der Waals surface area contributed by atoms with Gasteiger partial charge in [0.05, 0.1) is 17.7 Å². The number of hydrogen-bond acceptors (Lipinski definition) is 5. The Morgan fingerprint density at radius 2 is 1.57 bits per heavy atom. The number of carbonyl (C=O) groups is 2. The van der Waals surface area contributed by atoms with Crippen molar-refractivity contribution in [3.05, 3.63) is 88.9 Å². The molecule has 1 atom stereocenters. The summed E-state index contributed by atoms with van der Waals surface area (Å²) in [5.74, 6) is -0.284. The van der Waals surface area contributed by atoms with Crippen LogP contribution in [0.1, 0.15) is 37.8 Å². The van der Waals surface area contributed by atoms with Crippen molar-refractivity contribution in [1.29, 1.82) is 0 Å². The number of anilines is 1. The van der Waals surface area contributed by atoms with E-state index < -0.39 is 28.5 Å². The summed E-state index contributed by atoms with van der Waals surface area (Å²) < 4.78 is 34.0. The highest BCUT2D eigenvalue weighted by Crippen LogP contribution is 2.27. The second-order valence-electron chi connectivity index (χ2n) is 9.39. The minimum Gasteiger partial charge on any atom is -0.497 e. The van der Waals surface area contributed by atoms with E-state index >= 15 is 0 Å². The molecule has 8 nitrogen and oxygen atoms in total. The van der Waals surface area contributed by atoms with Gasteiger partial charge in [0, 0.05) is 18.1 Å². The van der Waals surface area contributed by atoms with Crippen LogP contribution in [-0.4, -0.2) is 51.4 Å². The van der Waals surface area contributed by atoms with Crippen molar-refractivity contribution in [1.82, 2.24) is 10.2 Å². The van der Waals surface area contributed by atoms with E-state index in [-0.39, 0.29) is 23.0 Å². The number of methoxy groups -OCH3 is 1. The van der Waals surface area contributed by atoms with Crippen molar-refractivity contribution < 1.29 is 22.7 Å². The van der Waals surface area contributed by atoms with Gasteiger partial charge in [-0.25, -0.2) is 8.42 Å². The Balaban J connectivity index is 2.04. The number of benzene rings is 3. The van der Waals surface area contributed by atoms with Crippen LogP contribution in [0.4, 0.5) is 5.69 Å². The van der Waals surface area contributed by atoms with Crippen molar-refractivity contribution in [3.8, 4) is 5.75 Å². The number of nitrogens with zero attached hydrogens (tertiary/aromatic N) is 2. The van der Waals surface area contributed by atoms with Gasteiger partial charge in [0.2, 0.25) is 11.8 Å². The van der Waals surface area contributed by atoms with Gasteiger partial charge < -0.3 is 15.0 Å². The van der Waals surface area contributed by atoms with Crippen LogP contribution >= 0.6 is 11.6 Å². The molecule has 0 aliphatic heterocycles. The Kier molecular flexibility index (Phi) is 11.0. The second-order valence-corrected chi connectivity index (χ2v) is 11.7. The average molecular weight is 586 g/mol. The molecular formula is C30H36ClN3O5S. The summed E-state index contributed by atoms with van der Waals surface area (Å²) in [7, 11) is -2.69. The Hall–Kier alpha value is -3.56. The van der Waals surface area contributed by atoms with Gasteiger partial charge in [-0.3, -0.25) is 13.9 Å². The number of carbonyl (C=O) groups excluding carboxylic acids is 2. The third-order valence-corrected chi connectivity index (χ3v) is 8.49. The highest BCUT2D eigenvalue weighted by atomic mass is 35.5. The molecular weight excluding hydrogens is 550 g/mol. The Morgan fingerprint density at radius 1 is 0.950 bits per heavy atom. The van der Waals surface area contributed by atoms with E-state index in [4.69, 9.17) is 16.3 Å². The molecule has 0 saturated heterocycles. The zero-order chi connectivity index (χ0) is 29.3.